The average Bonchev–Trinajstić information content (AvgIpc) is 2.95. The van der Waals surface area contributed by atoms with Gasteiger partial charge in [-0.2, -0.15) is 0 Å². The molecule has 0 bridgehead atoms. The van der Waals surface area contributed by atoms with Gasteiger partial charge in [0.15, 0.2) is 29.3 Å². The number of imidazole rings is 1. The van der Waals surface area contributed by atoms with Crippen molar-refractivity contribution in [2.45, 2.75) is 55.8 Å². The average molecular weight is 407 g/mol. The number of anilines is 1. The van der Waals surface area contributed by atoms with Crippen molar-refractivity contribution in [3.05, 3.63) is 12.7 Å². The predicted octanol–water partition coefficient (Wildman–Crippen LogP) is -0.162. The number of aromatic nitrogens is 4. The second-order valence-electron chi connectivity index (χ2n) is 7.87. The van der Waals surface area contributed by atoms with E-state index in [0.29, 0.717) is 0 Å². The van der Waals surface area contributed by atoms with Crippen molar-refractivity contribution in [3.63, 3.8) is 0 Å². The Morgan fingerprint density at radius 1 is 1.41 bits per heavy atom. The Balaban J connectivity index is 1.71. The van der Waals surface area contributed by atoms with Crippen LogP contribution in [0.3, 0.4) is 0 Å². The van der Waals surface area contributed by atoms with Crippen LogP contribution >= 0.6 is 0 Å². The highest BCUT2D eigenvalue weighted by molar-refractivity contribution is 5.93. The number of alkyl halides is 1. The number of carbonyl (C=O) groups excluding carboxylic acids is 1. The summed E-state index contributed by atoms with van der Waals surface area (Å²) in [5, 5.41) is 33.2. The van der Waals surface area contributed by atoms with Gasteiger partial charge in [-0.1, -0.05) is 5.92 Å². The maximum Gasteiger partial charge on any atom is 0.413 e. The Hall–Kier alpha value is -2.85. The molecule has 1 aliphatic carbocycles. The third-order valence-corrected chi connectivity index (χ3v) is 4.86. The van der Waals surface area contributed by atoms with Crippen LogP contribution in [0.25, 0.3) is 11.2 Å². The first-order chi connectivity index (χ1) is 13.4. The van der Waals surface area contributed by atoms with Gasteiger partial charge in [-0.3, -0.25) is 9.88 Å². The molecule has 3 heterocycles. The van der Waals surface area contributed by atoms with E-state index >= 15 is 0 Å². The highest BCUT2D eigenvalue weighted by Gasteiger charge is 2.95. The Bertz CT molecular complexity index is 1060. The first kappa shape index (κ1) is 19.5. The van der Waals surface area contributed by atoms with Gasteiger partial charge in [-0.25, -0.2) is 24.1 Å². The van der Waals surface area contributed by atoms with Gasteiger partial charge in [0, 0.05) is 0 Å². The van der Waals surface area contributed by atoms with E-state index in [1.54, 1.807) is 20.8 Å². The fraction of sp³-hybridized carbons (Fsp3) is 0.529. The molecule has 12 heteroatoms. The van der Waals surface area contributed by atoms with Gasteiger partial charge < -0.3 is 24.8 Å². The zero-order valence-electron chi connectivity index (χ0n) is 15.6. The fourth-order valence-electron chi connectivity index (χ4n) is 3.39. The third-order valence-electron chi connectivity index (χ3n) is 4.86. The van der Waals surface area contributed by atoms with Crippen molar-refractivity contribution >= 4 is 23.1 Å². The van der Waals surface area contributed by atoms with Crippen LogP contribution in [0.4, 0.5) is 15.0 Å². The number of ether oxygens (including phenoxy) is 2. The lowest BCUT2D eigenvalue weighted by Crippen LogP contribution is -2.50. The molecule has 5 atom stereocenters. The number of nitrogens with zero attached hydrogens (tertiary/aromatic N) is 4. The molecule has 0 radical (unpaired) electrons. The van der Waals surface area contributed by atoms with E-state index in [1.807, 2.05) is 5.92 Å². The molecule has 1 saturated heterocycles. The summed E-state index contributed by atoms with van der Waals surface area (Å²) >= 11 is 0. The molecule has 2 aliphatic rings. The SMILES string of the molecule is C#C[C@]1(O)[C@H](n2cnc3c(NC(=O)OC(C)(C)C)ncnc32)O[C@]2(F)C(O)[C@@]21O. The normalized spacial score (nSPS) is 35.8. The lowest BCUT2D eigenvalue weighted by Gasteiger charge is -2.30. The number of amides is 1. The van der Waals surface area contributed by atoms with Crippen LogP contribution in [0.15, 0.2) is 12.7 Å². The van der Waals surface area contributed by atoms with E-state index in [-0.39, 0.29) is 17.0 Å². The van der Waals surface area contributed by atoms with E-state index < -0.39 is 41.1 Å². The number of rotatable bonds is 2. The summed E-state index contributed by atoms with van der Waals surface area (Å²) in [5.74, 6) is -1.05. The second-order valence-corrected chi connectivity index (χ2v) is 7.87. The van der Waals surface area contributed by atoms with Crippen molar-refractivity contribution < 1.29 is 34.0 Å². The minimum atomic E-state index is -2.94. The smallest absolute Gasteiger partial charge is 0.413 e. The molecule has 0 aromatic carbocycles. The van der Waals surface area contributed by atoms with Crippen LogP contribution in [0.5, 0.6) is 0 Å². The molecule has 0 spiro atoms. The standard InChI is InChI=1S/C17H18FN5O6/c1-5-15(26)12(28-17(18)11(24)16(15,17)27)23-7-21-8-9(19-6-20-10(8)23)22-13(25)29-14(2,3)4/h1,6-7,11-12,24,26-27H,2-4H3,(H,19,20,22,25)/t11?,12-,15+,16+,17-/m1/s1. The van der Waals surface area contributed by atoms with Crippen molar-refractivity contribution in [1.82, 2.24) is 19.5 Å². The van der Waals surface area contributed by atoms with Gasteiger partial charge in [0.1, 0.15) is 11.9 Å². The number of carbonyl (C=O) groups is 1. The molecule has 2 fully saturated rings. The lowest BCUT2D eigenvalue weighted by atomic mass is 9.93. The van der Waals surface area contributed by atoms with E-state index in [0.717, 1.165) is 17.2 Å². The van der Waals surface area contributed by atoms with E-state index in [1.165, 1.54) is 0 Å². The summed E-state index contributed by atoms with van der Waals surface area (Å²) in [6.07, 6.45) is 3.09. The van der Waals surface area contributed by atoms with E-state index in [9.17, 15) is 24.5 Å². The largest absolute Gasteiger partial charge is 0.444 e. The maximum absolute atomic E-state index is 14.7. The quantitative estimate of drug-likeness (QED) is 0.498. The summed E-state index contributed by atoms with van der Waals surface area (Å²) in [6, 6.07) is 0. The predicted molar refractivity (Wildman–Crippen MR) is 93.9 cm³/mol. The number of hydrogen-bond donors (Lipinski definition) is 4. The molecular formula is C17H18FN5O6. The molecule has 1 saturated carbocycles. The minimum absolute atomic E-state index is 0.0101. The molecule has 2 aromatic heterocycles. The molecule has 4 N–H and O–H groups in total. The lowest BCUT2D eigenvalue weighted by molar-refractivity contribution is -0.167. The first-order valence-electron chi connectivity index (χ1n) is 8.54. The summed E-state index contributed by atoms with van der Waals surface area (Å²) in [7, 11) is 0. The minimum Gasteiger partial charge on any atom is -0.444 e. The highest BCUT2D eigenvalue weighted by Crippen LogP contribution is 2.67. The molecule has 11 nitrogen and oxygen atoms in total. The van der Waals surface area contributed by atoms with Crippen LogP contribution in [-0.2, 0) is 9.47 Å². The van der Waals surface area contributed by atoms with Crippen molar-refractivity contribution in [2.75, 3.05) is 5.32 Å². The molecule has 29 heavy (non-hydrogen) atoms. The van der Waals surface area contributed by atoms with Crippen molar-refractivity contribution in [3.8, 4) is 12.3 Å². The molecule has 1 amide bonds. The zero-order chi connectivity index (χ0) is 21.4. The summed E-state index contributed by atoms with van der Waals surface area (Å²) < 4.78 is 26.0. The Labute approximate surface area is 163 Å². The van der Waals surface area contributed by atoms with Gasteiger partial charge in [0.25, 0.3) is 5.85 Å². The Kier molecular flexibility index (Phi) is 3.76. The number of aliphatic hydroxyl groups excluding tert-OH is 1. The molecule has 1 unspecified atom stereocenters. The molecule has 2 aromatic rings. The van der Waals surface area contributed by atoms with E-state index in [2.05, 4.69) is 20.3 Å². The van der Waals surface area contributed by atoms with Gasteiger partial charge in [-0.15, -0.1) is 6.42 Å². The molecule has 1 aliphatic heterocycles. The molecule has 4 rings (SSSR count). The summed E-state index contributed by atoms with van der Waals surface area (Å²) in [5.41, 5.74) is -5.97. The Morgan fingerprint density at radius 2 is 2.10 bits per heavy atom. The van der Waals surface area contributed by atoms with Crippen LogP contribution in [0.2, 0.25) is 0 Å². The number of terminal acetylenes is 1. The van der Waals surface area contributed by atoms with Crippen LogP contribution in [-0.4, -0.2) is 69.7 Å². The topological polar surface area (TPSA) is 152 Å². The Morgan fingerprint density at radius 3 is 2.72 bits per heavy atom. The van der Waals surface area contributed by atoms with Crippen LogP contribution in [0.1, 0.15) is 27.0 Å². The maximum atomic E-state index is 14.7. The number of halogens is 1. The monoisotopic (exact) mass is 407 g/mol. The van der Waals surface area contributed by atoms with Gasteiger partial charge >= 0.3 is 6.09 Å². The van der Waals surface area contributed by atoms with Gasteiger partial charge in [-0.05, 0) is 20.8 Å². The summed E-state index contributed by atoms with van der Waals surface area (Å²) in [6.45, 7) is 5.06. The molecule has 154 valence electrons. The molecular weight excluding hydrogens is 389 g/mol. The fourth-order valence-corrected chi connectivity index (χ4v) is 3.39. The zero-order valence-corrected chi connectivity index (χ0v) is 15.6. The highest BCUT2D eigenvalue weighted by atomic mass is 19.2. The second kappa shape index (κ2) is 5.61. The number of hydrogen-bond acceptors (Lipinski definition) is 9. The van der Waals surface area contributed by atoms with Crippen LogP contribution in [0, 0.1) is 12.3 Å². The van der Waals surface area contributed by atoms with Crippen molar-refractivity contribution in [2.24, 2.45) is 0 Å². The van der Waals surface area contributed by atoms with E-state index in [4.69, 9.17) is 15.9 Å². The number of aliphatic hydroxyl groups is 3. The number of fused-ring (bicyclic) bond motifs is 2. The number of nitrogens with one attached hydrogen (secondary N) is 1. The van der Waals surface area contributed by atoms with Crippen LogP contribution < -0.4 is 5.32 Å². The van der Waals surface area contributed by atoms with Gasteiger partial charge in [0.05, 0.1) is 6.33 Å². The first-order valence-corrected chi connectivity index (χ1v) is 8.54. The third kappa shape index (κ3) is 2.39. The van der Waals surface area contributed by atoms with Gasteiger partial charge in [0.2, 0.25) is 11.2 Å². The summed E-state index contributed by atoms with van der Waals surface area (Å²) in [4.78, 5) is 24.0. The van der Waals surface area contributed by atoms with Crippen molar-refractivity contribution in [1.29, 1.82) is 0 Å².